The second-order valence-electron chi connectivity index (χ2n) is 5.58. The normalized spacial score (nSPS) is 12.7. The lowest BCUT2D eigenvalue weighted by Gasteiger charge is -2.12. The van der Waals surface area contributed by atoms with Crippen molar-refractivity contribution in [2.75, 3.05) is 14.2 Å². The van der Waals surface area contributed by atoms with Crippen molar-refractivity contribution < 1.29 is 9.47 Å². The summed E-state index contributed by atoms with van der Waals surface area (Å²) in [6, 6.07) is 14.4. The Labute approximate surface area is 131 Å². The van der Waals surface area contributed by atoms with Gasteiger partial charge in [-0.05, 0) is 60.4 Å². The van der Waals surface area contributed by atoms with Crippen LogP contribution in [0.15, 0.2) is 54.1 Å². The largest absolute Gasteiger partial charge is 0.497 e. The van der Waals surface area contributed by atoms with Gasteiger partial charge in [0.1, 0.15) is 11.5 Å². The van der Waals surface area contributed by atoms with Gasteiger partial charge in [0.15, 0.2) is 0 Å². The topological polar surface area (TPSA) is 18.5 Å². The Kier molecular flexibility index (Phi) is 3.76. The molecule has 0 fully saturated rings. The van der Waals surface area contributed by atoms with Crippen LogP contribution in [-0.2, 0) is 0 Å². The maximum absolute atomic E-state index is 5.56. The van der Waals surface area contributed by atoms with E-state index in [1.54, 1.807) is 14.2 Å². The predicted octanol–water partition coefficient (Wildman–Crippen LogP) is 4.94. The SMILES string of the molecule is COc1ccc(OC)c(C2=CC(=C(C)C)c3ccccc32)c1. The van der Waals surface area contributed by atoms with Crippen molar-refractivity contribution in [3.8, 4) is 11.5 Å². The lowest BCUT2D eigenvalue weighted by molar-refractivity contribution is 0.402. The van der Waals surface area contributed by atoms with E-state index in [-0.39, 0.29) is 0 Å². The third-order valence-electron chi connectivity index (χ3n) is 4.03. The minimum atomic E-state index is 0.833. The first-order valence-electron chi connectivity index (χ1n) is 7.37. The number of fused-ring (bicyclic) bond motifs is 1. The highest BCUT2D eigenvalue weighted by Crippen LogP contribution is 2.43. The summed E-state index contributed by atoms with van der Waals surface area (Å²) >= 11 is 0. The van der Waals surface area contributed by atoms with Crippen molar-refractivity contribution in [1.29, 1.82) is 0 Å². The van der Waals surface area contributed by atoms with Crippen LogP contribution in [0.3, 0.4) is 0 Å². The van der Waals surface area contributed by atoms with Gasteiger partial charge in [0.25, 0.3) is 0 Å². The molecule has 0 aromatic heterocycles. The van der Waals surface area contributed by atoms with Crippen LogP contribution in [0.4, 0.5) is 0 Å². The first kappa shape index (κ1) is 14.5. The highest BCUT2D eigenvalue weighted by Gasteiger charge is 2.22. The fourth-order valence-electron chi connectivity index (χ4n) is 2.91. The van der Waals surface area contributed by atoms with E-state index in [0.717, 1.165) is 17.1 Å². The second kappa shape index (κ2) is 5.72. The number of hydrogen-bond donors (Lipinski definition) is 0. The summed E-state index contributed by atoms with van der Waals surface area (Å²) < 4.78 is 10.9. The van der Waals surface area contributed by atoms with Crippen molar-refractivity contribution in [1.82, 2.24) is 0 Å². The maximum atomic E-state index is 5.56. The molecule has 0 spiro atoms. The Bertz CT molecular complexity index is 778. The number of allylic oxidation sites excluding steroid dienone is 3. The molecule has 0 unspecified atom stereocenters. The van der Waals surface area contributed by atoms with Gasteiger partial charge in [-0.25, -0.2) is 0 Å². The average molecular weight is 292 g/mol. The van der Waals surface area contributed by atoms with Gasteiger partial charge >= 0.3 is 0 Å². The maximum Gasteiger partial charge on any atom is 0.126 e. The van der Waals surface area contributed by atoms with E-state index in [1.807, 2.05) is 18.2 Å². The molecule has 2 heteroatoms. The van der Waals surface area contributed by atoms with Gasteiger partial charge in [-0.2, -0.15) is 0 Å². The highest BCUT2D eigenvalue weighted by molar-refractivity contribution is 6.02. The molecule has 22 heavy (non-hydrogen) atoms. The molecule has 1 aliphatic rings. The lowest BCUT2D eigenvalue weighted by Crippen LogP contribution is -1.94. The van der Waals surface area contributed by atoms with E-state index in [1.165, 1.54) is 27.8 Å². The third kappa shape index (κ3) is 2.31. The third-order valence-corrected chi connectivity index (χ3v) is 4.03. The molecule has 0 atom stereocenters. The van der Waals surface area contributed by atoms with Crippen LogP contribution < -0.4 is 9.47 Å². The van der Waals surface area contributed by atoms with Crippen LogP contribution in [0.2, 0.25) is 0 Å². The summed E-state index contributed by atoms with van der Waals surface area (Å²) in [5.74, 6) is 1.69. The van der Waals surface area contributed by atoms with E-state index >= 15 is 0 Å². The minimum Gasteiger partial charge on any atom is -0.497 e. The van der Waals surface area contributed by atoms with Gasteiger partial charge in [0.05, 0.1) is 14.2 Å². The van der Waals surface area contributed by atoms with Crippen molar-refractivity contribution in [3.05, 3.63) is 70.8 Å². The van der Waals surface area contributed by atoms with Crippen LogP contribution in [0, 0.1) is 0 Å². The molecule has 0 saturated heterocycles. The molecule has 0 heterocycles. The van der Waals surface area contributed by atoms with Crippen LogP contribution in [0.1, 0.15) is 30.5 Å². The number of benzene rings is 2. The number of methoxy groups -OCH3 is 2. The van der Waals surface area contributed by atoms with E-state index in [2.05, 4.69) is 44.2 Å². The Morgan fingerprint density at radius 1 is 0.818 bits per heavy atom. The Hall–Kier alpha value is -2.48. The smallest absolute Gasteiger partial charge is 0.126 e. The predicted molar refractivity (Wildman–Crippen MR) is 91.3 cm³/mol. The standard InChI is InChI=1S/C20H20O2/c1-13(2)17-12-18(16-8-6-5-7-15(16)17)19-11-14(21-3)9-10-20(19)22-4/h5-12H,1-4H3. The first-order valence-corrected chi connectivity index (χ1v) is 7.37. The van der Waals surface area contributed by atoms with Gasteiger partial charge < -0.3 is 9.47 Å². The lowest BCUT2D eigenvalue weighted by atomic mass is 9.97. The number of ether oxygens (including phenoxy) is 2. The van der Waals surface area contributed by atoms with Gasteiger partial charge in [-0.15, -0.1) is 0 Å². The quantitative estimate of drug-likeness (QED) is 0.797. The summed E-state index contributed by atoms with van der Waals surface area (Å²) in [7, 11) is 3.39. The second-order valence-corrected chi connectivity index (χ2v) is 5.58. The molecule has 0 saturated carbocycles. The van der Waals surface area contributed by atoms with E-state index in [4.69, 9.17) is 9.47 Å². The molecule has 0 bridgehead atoms. The fourth-order valence-corrected chi connectivity index (χ4v) is 2.91. The van der Waals surface area contributed by atoms with Crippen molar-refractivity contribution in [2.45, 2.75) is 13.8 Å². The van der Waals surface area contributed by atoms with Crippen molar-refractivity contribution >= 4 is 11.1 Å². The van der Waals surface area contributed by atoms with Crippen LogP contribution in [0.5, 0.6) is 11.5 Å². The van der Waals surface area contributed by atoms with E-state index < -0.39 is 0 Å². The molecular weight excluding hydrogens is 272 g/mol. The first-order chi connectivity index (χ1) is 10.7. The zero-order valence-corrected chi connectivity index (χ0v) is 13.4. The van der Waals surface area contributed by atoms with Gasteiger partial charge in [-0.3, -0.25) is 0 Å². The summed E-state index contributed by atoms with van der Waals surface area (Å²) in [6.45, 7) is 4.29. The molecular formula is C20H20O2. The summed E-state index contributed by atoms with van der Waals surface area (Å²) in [5.41, 5.74) is 7.36. The van der Waals surface area contributed by atoms with Gasteiger partial charge in [0.2, 0.25) is 0 Å². The molecule has 112 valence electrons. The van der Waals surface area contributed by atoms with Crippen LogP contribution in [0.25, 0.3) is 11.1 Å². The molecule has 0 aliphatic heterocycles. The van der Waals surface area contributed by atoms with Crippen molar-refractivity contribution in [3.63, 3.8) is 0 Å². The molecule has 0 radical (unpaired) electrons. The van der Waals surface area contributed by atoms with Crippen molar-refractivity contribution in [2.24, 2.45) is 0 Å². The molecule has 2 aromatic rings. The molecule has 3 rings (SSSR count). The van der Waals surface area contributed by atoms with Gasteiger partial charge in [0, 0.05) is 5.56 Å². The summed E-state index contributed by atoms with van der Waals surface area (Å²) in [5, 5.41) is 0. The Balaban J connectivity index is 2.25. The van der Waals surface area contributed by atoms with E-state index in [0.29, 0.717) is 0 Å². The zero-order chi connectivity index (χ0) is 15.7. The summed E-state index contributed by atoms with van der Waals surface area (Å²) in [6.07, 6.45) is 2.25. The molecule has 1 aliphatic carbocycles. The molecule has 0 N–H and O–H groups in total. The highest BCUT2D eigenvalue weighted by atomic mass is 16.5. The number of rotatable bonds is 3. The molecule has 2 nitrogen and oxygen atoms in total. The monoisotopic (exact) mass is 292 g/mol. The Morgan fingerprint density at radius 2 is 1.55 bits per heavy atom. The minimum absolute atomic E-state index is 0.833. The number of hydrogen-bond acceptors (Lipinski definition) is 2. The zero-order valence-electron chi connectivity index (χ0n) is 13.4. The van der Waals surface area contributed by atoms with Crippen LogP contribution >= 0.6 is 0 Å². The van der Waals surface area contributed by atoms with Crippen LogP contribution in [-0.4, -0.2) is 14.2 Å². The average Bonchev–Trinajstić information content (AvgIpc) is 2.94. The fraction of sp³-hybridized carbons (Fsp3) is 0.200. The summed E-state index contributed by atoms with van der Waals surface area (Å²) in [4.78, 5) is 0. The van der Waals surface area contributed by atoms with Gasteiger partial charge in [-0.1, -0.05) is 29.8 Å². The molecule has 2 aromatic carbocycles. The molecule has 0 amide bonds. The van der Waals surface area contributed by atoms with E-state index in [9.17, 15) is 0 Å². The Morgan fingerprint density at radius 3 is 2.18 bits per heavy atom.